The van der Waals surface area contributed by atoms with Crippen LogP contribution >= 0.6 is 19.4 Å². The highest BCUT2D eigenvalue weighted by molar-refractivity contribution is 7.49. The van der Waals surface area contributed by atoms with Crippen molar-refractivity contribution in [3.05, 3.63) is 148 Å². The number of anilines is 2. The van der Waals surface area contributed by atoms with E-state index in [1.807, 2.05) is 12.1 Å². The van der Waals surface area contributed by atoms with Crippen LogP contribution in [0.25, 0.3) is 11.0 Å². The summed E-state index contributed by atoms with van der Waals surface area (Å²) in [6.07, 6.45) is 41.3. The van der Waals surface area contributed by atoms with E-state index in [0.717, 1.165) is 39.0 Å². The molecule has 6 aliphatic rings. The molecule has 4 aromatic heterocycles. The van der Waals surface area contributed by atoms with Gasteiger partial charge in [0, 0.05) is 39.4 Å². The summed E-state index contributed by atoms with van der Waals surface area (Å²) in [6, 6.07) is 34.8. The van der Waals surface area contributed by atoms with Crippen molar-refractivity contribution in [1.29, 1.82) is 10.5 Å². The van der Waals surface area contributed by atoms with Gasteiger partial charge in [-0.25, -0.2) is 23.6 Å². The van der Waals surface area contributed by atoms with E-state index in [1.54, 1.807) is 76.2 Å². The quantitative estimate of drug-likeness (QED) is 0.0203. The third-order valence-electron chi connectivity index (χ3n) is 24.5. The van der Waals surface area contributed by atoms with Gasteiger partial charge in [-0.05, 0) is 99.2 Å². The van der Waals surface area contributed by atoms with E-state index in [2.05, 4.69) is 92.3 Å². The molecule has 0 radical (unpaired) electrons. The van der Waals surface area contributed by atoms with Gasteiger partial charge >= 0.3 is 7.82 Å². The maximum Gasteiger partial charge on any atom is 0.530 e. The van der Waals surface area contributed by atoms with Crippen molar-refractivity contribution in [3.63, 3.8) is 0 Å². The average molecular weight is 1730 g/mol. The number of nitrogen functional groups attached to an aromatic ring is 2. The molecular weight excluding hydrogens is 1590 g/mol. The third-order valence-corrected chi connectivity index (χ3v) is 26.1. The van der Waals surface area contributed by atoms with Crippen LogP contribution in [0.3, 0.4) is 0 Å². The van der Waals surface area contributed by atoms with E-state index in [4.69, 9.17) is 74.5 Å². The molecule has 670 valence electrons. The van der Waals surface area contributed by atoms with Gasteiger partial charge in [-0.15, -0.1) is 0 Å². The van der Waals surface area contributed by atoms with Crippen molar-refractivity contribution in [3.8, 4) is 17.9 Å². The number of aliphatic hydroxyl groups is 2. The predicted molar refractivity (Wildman–Crippen MR) is 472 cm³/mol. The fraction of sp³-hybridized carbons (Fsp3) is 0.660. The molecule has 4 fully saturated rings. The van der Waals surface area contributed by atoms with E-state index < -0.39 is 67.2 Å². The minimum atomic E-state index is -4.46. The van der Waals surface area contributed by atoms with Crippen molar-refractivity contribution < 1.29 is 66.2 Å². The number of unbranched alkanes of at least 4 members (excludes halogenated alkanes) is 30. The Labute approximate surface area is 729 Å². The van der Waals surface area contributed by atoms with Gasteiger partial charge in [0.05, 0.1) is 68.1 Å². The van der Waals surface area contributed by atoms with Gasteiger partial charge in [0.15, 0.2) is 23.2 Å². The number of fused-ring (bicyclic) bond motifs is 6. The standard InChI is InChI=1S/C50H70ClN6O8P.C29H51NO2.C15H17N5O4/c1-4-5-6-7-8-9-10-11-12-13-14-15-16-17-18-23-30-59-33-40(56-31-38-24-19-20-25-39(38)32-56)34-60-66(58,65-43-27-22-21-26-41(43)51)61-35-44-46-47(64-49(2,3)63-46)50(36-52,62-44)45-29-28-42-48(53)54-37-55-57(42)45;1-2-3-4-5-6-7-8-9-10-11-12-13-14-15-16-19-22-32-26-29(25-31)30-23-27-20-17-18-21-28(27)24-30;1-14(2)23-11-9(5-21)22-15(6-16,12(11)24-14)10-4-3-8-13(17)18-7-19-20(8)10/h19-22,24-29,37,40,44,46-47H,4-18,23,30-35H2,1-3H3,(H2,53,54,55);17-18,20-21,29,31H,2-16,19,22-26H2,1H3;3-4,7,9,11-12,21H,5H2,1-2H3,(H2,17,18,19)/t40-,44-,46-,47-,50+,66?;29-;9-,11-,12-,15+/m101/s1. The first-order valence-electron chi connectivity index (χ1n) is 45.7. The molecule has 122 heavy (non-hydrogen) atoms. The predicted octanol–water partition coefficient (Wildman–Crippen LogP) is 19.1. The van der Waals surface area contributed by atoms with Crippen LogP contribution in [0.4, 0.5) is 11.6 Å². The van der Waals surface area contributed by atoms with Crippen LogP contribution in [-0.2, 0) is 88.9 Å². The van der Waals surface area contributed by atoms with Gasteiger partial charge in [0.2, 0.25) is 11.2 Å². The number of nitrogens with two attached hydrogens (primary N) is 2. The molecule has 10 heterocycles. The Kier molecular flexibility index (Phi) is 37.9. The van der Waals surface area contributed by atoms with Crippen molar-refractivity contribution in [2.24, 2.45) is 0 Å². The monoisotopic (exact) mass is 1720 g/mol. The summed E-state index contributed by atoms with van der Waals surface area (Å²) < 4.78 is 85.7. The lowest BCUT2D eigenvalue weighted by Gasteiger charge is -2.30. The molecule has 6 N–H and O–H groups in total. The fourth-order valence-corrected chi connectivity index (χ4v) is 19.2. The zero-order valence-electron chi connectivity index (χ0n) is 73.4. The lowest BCUT2D eigenvalue weighted by molar-refractivity contribution is -0.204. The second-order valence-corrected chi connectivity index (χ2v) is 36.7. The molecule has 13 rings (SSSR count). The first-order chi connectivity index (χ1) is 59.3. The number of phosphoric acid groups is 1. The molecule has 11 atom stereocenters. The second-order valence-electron chi connectivity index (χ2n) is 34.7. The van der Waals surface area contributed by atoms with Crippen LogP contribution in [-0.4, -0.2) is 162 Å². The summed E-state index contributed by atoms with van der Waals surface area (Å²) in [4.78, 5) is 12.6. The van der Waals surface area contributed by atoms with Crippen molar-refractivity contribution in [2.75, 3.05) is 64.3 Å². The van der Waals surface area contributed by atoms with E-state index >= 15 is 0 Å². The normalized spacial score (nSPS) is 22.8. The Bertz CT molecular complexity index is 4380. The fourth-order valence-electron chi connectivity index (χ4n) is 17.7. The average Bonchev–Trinajstić information content (AvgIpc) is 1.56. The molecule has 0 spiro atoms. The zero-order valence-corrected chi connectivity index (χ0v) is 75.0. The summed E-state index contributed by atoms with van der Waals surface area (Å²) in [5.74, 6) is -1.31. The minimum Gasteiger partial charge on any atom is -0.402 e. The van der Waals surface area contributed by atoms with Crippen molar-refractivity contribution >= 4 is 42.1 Å². The maximum atomic E-state index is 15.0. The second kappa shape index (κ2) is 48.3. The van der Waals surface area contributed by atoms with Crippen LogP contribution in [0, 0.1) is 22.7 Å². The molecule has 0 saturated carbocycles. The van der Waals surface area contributed by atoms with Gasteiger partial charge in [-0.3, -0.25) is 18.8 Å². The summed E-state index contributed by atoms with van der Waals surface area (Å²) >= 11 is 6.54. The Morgan fingerprint density at radius 3 is 1.25 bits per heavy atom. The highest BCUT2D eigenvalue weighted by Crippen LogP contribution is 2.55. The van der Waals surface area contributed by atoms with Gasteiger partial charge in [-0.1, -0.05) is 279 Å². The first kappa shape index (κ1) is 95.9. The van der Waals surface area contributed by atoms with Crippen LogP contribution in [0.15, 0.2) is 110 Å². The molecule has 0 amide bonds. The van der Waals surface area contributed by atoms with Gasteiger partial charge in [0.25, 0.3) is 0 Å². The summed E-state index contributed by atoms with van der Waals surface area (Å²) in [5, 5.41) is 49.0. The Morgan fingerprint density at radius 1 is 0.484 bits per heavy atom. The number of halogens is 1. The van der Waals surface area contributed by atoms with Crippen molar-refractivity contribution in [2.45, 2.75) is 345 Å². The minimum absolute atomic E-state index is 0.0295. The van der Waals surface area contributed by atoms with E-state index in [-0.39, 0.29) is 55.1 Å². The van der Waals surface area contributed by atoms with Gasteiger partial charge in [-0.2, -0.15) is 20.7 Å². The smallest absolute Gasteiger partial charge is 0.402 e. The first-order valence-corrected chi connectivity index (χ1v) is 47.5. The largest absolute Gasteiger partial charge is 0.530 e. The molecular formula is C94H138ClN12O14P. The third kappa shape index (κ3) is 26.2. The van der Waals surface area contributed by atoms with Crippen LogP contribution in [0.5, 0.6) is 5.75 Å². The number of rotatable bonds is 52. The van der Waals surface area contributed by atoms with Gasteiger partial charge in [0.1, 0.15) is 78.2 Å². The van der Waals surface area contributed by atoms with E-state index in [1.165, 1.54) is 230 Å². The number of nitriles is 2. The molecule has 26 nitrogen and oxygen atoms in total. The van der Waals surface area contributed by atoms with E-state index in [0.29, 0.717) is 61.1 Å². The number of hydrogen-bond acceptors (Lipinski definition) is 24. The zero-order chi connectivity index (χ0) is 86.2. The highest BCUT2D eigenvalue weighted by atomic mass is 35.5. The highest BCUT2D eigenvalue weighted by Gasteiger charge is 2.67. The van der Waals surface area contributed by atoms with Crippen LogP contribution in [0.1, 0.15) is 281 Å². The molecule has 6 aliphatic heterocycles. The van der Waals surface area contributed by atoms with Crippen LogP contribution < -0.4 is 16.0 Å². The topological polar surface area (TPSA) is 326 Å². The Hall–Kier alpha value is -6.76. The molecule has 3 aromatic carbocycles. The number of benzene rings is 3. The summed E-state index contributed by atoms with van der Waals surface area (Å²) in [5.41, 5.74) is 16.0. The maximum absolute atomic E-state index is 15.0. The Balaban J connectivity index is 0.000000212. The molecule has 7 aromatic rings. The molecule has 28 heteroatoms. The number of ether oxygens (including phenoxy) is 8. The SMILES string of the molecule is CC1(C)O[C@H]2[C@@H](O1)[C@](C#N)(c1ccc3c(N)ncnn13)O[C@@H]2CO.CCCCCCCCCCCCCCCCCCOC[C@H](CO)N1Cc2ccccc2C1.CCCCCCCCCCCCCCCCCCOC[C@H](COP(=O)(OC[C@H]1O[C@@](C#N)(c2ccc3c(N)ncnn23)[C@@H]2OC(C)(C)O[C@@H]21)Oc1ccccc1Cl)N1Cc2ccccc2C1. The number of hydrogen-bond donors (Lipinski definition) is 4. The lowest BCUT2D eigenvalue weighted by Crippen LogP contribution is -2.40. The Morgan fingerprint density at radius 2 is 0.852 bits per heavy atom. The molecule has 0 bridgehead atoms. The lowest BCUT2D eigenvalue weighted by atomic mass is 9.92. The molecule has 4 saturated heterocycles. The number of aliphatic hydroxyl groups excluding tert-OH is 2. The summed E-state index contributed by atoms with van der Waals surface area (Å²) in [6.45, 7) is 16.8. The summed E-state index contributed by atoms with van der Waals surface area (Å²) in [7, 11) is -4.46. The molecule has 0 aliphatic carbocycles. The van der Waals surface area contributed by atoms with E-state index in [9.17, 15) is 25.3 Å². The van der Waals surface area contributed by atoms with Gasteiger partial charge < -0.3 is 64.1 Å². The number of para-hydroxylation sites is 1. The molecule has 1 unspecified atom stereocenters. The number of aromatic nitrogens is 6. The van der Waals surface area contributed by atoms with Crippen LogP contribution in [0.2, 0.25) is 5.02 Å². The van der Waals surface area contributed by atoms with Crippen molar-refractivity contribution in [1.82, 2.24) is 39.0 Å². The number of phosphoric ester groups is 1. The number of nitrogens with zero attached hydrogens (tertiary/aromatic N) is 10.